The van der Waals surface area contributed by atoms with E-state index in [0.29, 0.717) is 11.4 Å². The summed E-state index contributed by atoms with van der Waals surface area (Å²) in [6.45, 7) is -0.193. The lowest BCUT2D eigenvalue weighted by molar-refractivity contribution is -0.384. The second-order valence-electron chi connectivity index (χ2n) is 4.43. The van der Waals surface area contributed by atoms with Crippen molar-refractivity contribution in [3.05, 3.63) is 57.1 Å². The Labute approximate surface area is 140 Å². The van der Waals surface area contributed by atoms with Gasteiger partial charge in [-0.3, -0.25) is 14.9 Å². The van der Waals surface area contributed by atoms with Crippen molar-refractivity contribution in [2.45, 2.75) is 0 Å². The van der Waals surface area contributed by atoms with Gasteiger partial charge in [0.1, 0.15) is 11.5 Å². The van der Waals surface area contributed by atoms with Crippen molar-refractivity contribution in [1.82, 2.24) is 0 Å². The van der Waals surface area contributed by atoms with Gasteiger partial charge in [0, 0.05) is 10.5 Å². The molecular weight excluding hydrogens is 368 g/mol. The first-order valence-electron chi connectivity index (χ1n) is 6.50. The summed E-state index contributed by atoms with van der Waals surface area (Å²) in [6.07, 6.45) is 0. The SMILES string of the molecule is COc1cc([N+](=O)[O-])ccc1NC(=O)COc1ccc(Br)cc1. The van der Waals surface area contributed by atoms with Gasteiger partial charge in [-0.15, -0.1) is 0 Å². The van der Waals surface area contributed by atoms with Crippen LogP contribution in [0, 0.1) is 10.1 Å². The van der Waals surface area contributed by atoms with Crippen molar-refractivity contribution >= 4 is 33.2 Å². The molecule has 2 aromatic rings. The summed E-state index contributed by atoms with van der Waals surface area (Å²) in [5.41, 5.74) is 0.216. The Hall–Kier alpha value is -2.61. The van der Waals surface area contributed by atoms with E-state index in [2.05, 4.69) is 21.2 Å². The normalized spacial score (nSPS) is 10.0. The minimum absolute atomic E-state index is 0.119. The maximum Gasteiger partial charge on any atom is 0.273 e. The maximum absolute atomic E-state index is 11.9. The third kappa shape index (κ3) is 4.68. The zero-order valence-electron chi connectivity index (χ0n) is 12.1. The van der Waals surface area contributed by atoms with Gasteiger partial charge in [0.05, 0.1) is 23.8 Å². The summed E-state index contributed by atoms with van der Waals surface area (Å²) >= 11 is 3.30. The molecule has 0 aliphatic heterocycles. The van der Waals surface area contributed by atoms with E-state index in [-0.39, 0.29) is 18.0 Å². The molecule has 0 aliphatic rings. The molecule has 1 amide bonds. The third-order valence-electron chi connectivity index (χ3n) is 2.85. The highest BCUT2D eigenvalue weighted by atomic mass is 79.9. The molecular formula is C15H13BrN2O5. The van der Waals surface area contributed by atoms with Crippen LogP contribution >= 0.6 is 15.9 Å². The smallest absolute Gasteiger partial charge is 0.273 e. The van der Waals surface area contributed by atoms with Crippen molar-refractivity contribution in [1.29, 1.82) is 0 Å². The van der Waals surface area contributed by atoms with Crippen LogP contribution in [0.15, 0.2) is 46.9 Å². The van der Waals surface area contributed by atoms with Crippen molar-refractivity contribution in [3.63, 3.8) is 0 Å². The third-order valence-corrected chi connectivity index (χ3v) is 3.38. The molecule has 0 unspecified atom stereocenters. The fourth-order valence-corrected chi connectivity index (χ4v) is 2.03. The lowest BCUT2D eigenvalue weighted by atomic mass is 10.2. The van der Waals surface area contributed by atoms with Crippen LogP contribution < -0.4 is 14.8 Å². The molecule has 0 aromatic heterocycles. The lowest BCUT2D eigenvalue weighted by Crippen LogP contribution is -2.20. The lowest BCUT2D eigenvalue weighted by Gasteiger charge is -2.10. The molecule has 1 N–H and O–H groups in total. The number of hydrogen-bond donors (Lipinski definition) is 1. The summed E-state index contributed by atoms with van der Waals surface area (Å²) in [7, 11) is 1.37. The Morgan fingerprint density at radius 3 is 2.57 bits per heavy atom. The Morgan fingerprint density at radius 1 is 1.26 bits per heavy atom. The van der Waals surface area contributed by atoms with Crippen molar-refractivity contribution in [3.8, 4) is 11.5 Å². The molecule has 0 saturated carbocycles. The number of nitro groups is 1. The van der Waals surface area contributed by atoms with Gasteiger partial charge in [0.15, 0.2) is 6.61 Å². The number of nitro benzene ring substituents is 1. The first-order chi connectivity index (χ1) is 11.0. The van der Waals surface area contributed by atoms with Crippen LogP contribution in [0.1, 0.15) is 0 Å². The van der Waals surface area contributed by atoms with E-state index in [4.69, 9.17) is 9.47 Å². The summed E-state index contributed by atoms with van der Waals surface area (Å²) in [4.78, 5) is 22.1. The Kier molecular flexibility index (Phi) is 5.53. The molecule has 0 aliphatic carbocycles. The number of carbonyl (C=O) groups is 1. The number of halogens is 1. The highest BCUT2D eigenvalue weighted by Gasteiger charge is 2.13. The van der Waals surface area contributed by atoms with E-state index in [1.807, 2.05) is 0 Å². The molecule has 2 aromatic carbocycles. The predicted octanol–water partition coefficient (Wildman–Crippen LogP) is 3.38. The molecule has 2 rings (SSSR count). The molecule has 0 fully saturated rings. The molecule has 23 heavy (non-hydrogen) atoms. The Morgan fingerprint density at radius 2 is 1.96 bits per heavy atom. The molecule has 0 atom stereocenters. The molecule has 0 spiro atoms. The molecule has 0 heterocycles. The maximum atomic E-state index is 11.9. The summed E-state index contributed by atoms with van der Waals surface area (Å²) in [5, 5.41) is 13.3. The number of hydrogen-bond acceptors (Lipinski definition) is 5. The molecule has 0 bridgehead atoms. The Balaban J connectivity index is 1.99. The predicted molar refractivity (Wildman–Crippen MR) is 87.9 cm³/mol. The second kappa shape index (κ2) is 7.59. The van der Waals surface area contributed by atoms with Gasteiger partial charge in [0.2, 0.25) is 0 Å². The number of carbonyl (C=O) groups excluding carboxylic acids is 1. The standard InChI is InChI=1S/C15H13BrN2O5/c1-22-14-8-11(18(20)21)4-7-13(14)17-15(19)9-23-12-5-2-10(16)3-6-12/h2-8H,9H2,1H3,(H,17,19). The number of anilines is 1. The second-order valence-corrected chi connectivity index (χ2v) is 5.35. The summed E-state index contributed by atoms with van der Waals surface area (Å²) in [6, 6.07) is 11.0. The van der Waals surface area contributed by atoms with Gasteiger partial charge < -0.3 is 14.8 Å². The van der Waals surface area contributed by atoms with Gasteiger partial charge in [-0.05, 0) is 30.3 Å². The monoisotopic (exact) mass is 380 g/mol. The minimum atomic E-state index is -0.537. The van der Waals surface area contributed by atoms with Gasteiger partial charge in [-0.2, -0.15) is 0 Å². The molecule has 0 radical (unpaired) electrons. The van der Waals surface area contributed by atoms with E-state index < -0.39 is 10.8 Å². The van der Waals surface area contributed by atoms with Crippen LogP contribution in [0.3, 0.4) is 0 Å². The molecule has 8 heteroatoms. The quantitative estimate of drug-likeness (QED) is 0.612. The van der Waals surface area contributed by atoms with E-state index in [1.165, 1.54) is 25.3 Å². The molecule has 120 valence electrons. The average Bonchev–Trinajstić information content (AvgIpc) is 2.54. The van der Waals surface area contributed by atoms with Gasteiger partial charge >= 0.3 is 0 Å². The first kappa shape index (κ1) is 16.8. The van der Waals surface area contributed by atoms with Gasteiger partial charge in [0.25, 0.3) is 11.6 Å². The first-order valence-corrected chi connectivity index (χ1v) is 7.29. The topological polar surface area (TPSA) is 90.7 Å². The summed E-state index contributed by atoms with van der Waals surface area (Å²) < 4.78 is 11.3. The van der Waals surface area contributed by atoms with E-state index in [0.717, 1.165) is 4.47 Å². The van der Waals surface area contributed by atoms with Crippen LogP contribution in [0.4, 0.5) is 11.4 Å². The van der Waals surface area contributed by atoms with Crippen LogP contribution in [0.5, 0.6) is 11.5 Å². The number of benzene rings is 2. The highest BCUT2D eigenvalue weighted by Crippen LogP contribution is 2.28. The minimum Gasteiger partial charge on any atom is -0.494 e. The van der Waals surface area contributed by atoms with E-state index in [9.17, 15) is 14.9 Å². The van der Waals surface area contributed by atoms with Crippen LogP contribution in [-0.2, 0) is 4.79 Å². The highest BCUT2D eigenvalue weighted by molar-refractivity contribution is 9.10. The van der Waals surface area contributed by atoms with Gasteiger partial charge in [-0.25, -0.2) is 0 Å². The molecule has 7 nitrogen and oxygen atoms in total. The fourth-order valence-electron chi connectivity index (χ4n) is 1.76. The van der Waals surface area contributed by atoms with Crippen LogP contribution in [-0.4, -0.2) is 24.5 Å². The zero-order valence-corrected chi connectivity index (χ0v) is 13.7. The zero-order chi connectivity index (χ0) is 16.8. The van der Waals surface area contributed by atoms with E-state index in [1.54, 1.807) is 24.3 Å². The number of non-ortho nitro benzene ring substituents is 1. The van der Waals surface area contributed by atoms with Crippen molar-refractivity contribution < 1.29 is 19.2 Å². The Bertz CT molecular complexity index is 718. The number of nitrogens with zero attached hydrogens (tertiary/aromatic N) is 1. The largest absolute Gasteiger partial charge is 0.494 e. The van der Waals surface area contributed by atoms with E-state index >= 15 is 0 Å². The van der Waals surface area contributed by atoms with Crippen molar-refractivity contribution in [2.75, 3.05) is 19.0 Å². The summed E-state index contributed by atoms with van der Waals surface area (Å²) in [5.74, 6) is 0.357. The number of amides is 1. The van der Waals surface area contributed by atoms with Gasteiger partial charge in [-0.1, -0.05) is 15.9 Å². The fraction of sp³-hybridized carbons (Fsp3) is 0.133. The van der Waals surface area contributed by atoms with Crippen LogP contribution in [0.25, 0.3) is 0 Å². The van der Waals surface area contributed by atoms with Crippen LogP contribution in [0.2, 0.25) is 0 Å². The number of ether oxygens (including phenoxy) is 2. The molecule has 0 saturated heterocycles. The average molecular weight is 381 g/mol. The van der Waals surface area contributed by atoms with Crippen molar-refractivity contribution in [2.24, 2.45) is 0 Å². The number of nitrogens with one attached hydrogen (secondary N) is 1. The number of methoxy groups -OCH3 is 1. The number of rotatable bonds is 6.